The Morgan fingerprint density at radius 2 is 1.82 bits per heavy atom. The Labute approximate surface area is 109 Å². The van der Waals surface area contributed by atoms with Crippen LogP contribution in [0.3, 0.4) is 0 Å². The summed E-state index contributed by atoms with van der Waals surface area (Å²) < 4.78 is 43.3. The molecule has 0 spiro atoms. The van der Waals surface area contributed by atoms with Gasteiger partial charge >= 0.3 is 10.8 Å². The van der Waals surface area contributed by atoms with Crippen LogP contribution >= 0.6 is 34.4 Å². The highest BCUT2D eigenvalue weighted by molar-refractivity contribution is 8.02. The minimum absolute atomic E-state index is 1.35. The molecule has 0 aliphatic rings. The molecule has 17 heavy (non-hydrogen) atoms. The molecule has 0 N–H and O–H groups in total. The van der Waals surface area contributed by atoms with Crippen molar-refractivity contribution in [1.29, 1.82) is 0 Å². The molecule has 0 unspecified atom stereocenters. The summed E-state index contributed by atoms with van der Waals surface area (Å²) in [6.45, 7) is 2.14. The lowest BCUT2D eigenvalue weighted by molar-refractivity contribution is 0.368. The van der Waals surface area contributed by atoms with Gasteiger partial charge in [-0.1, -0.05) is 17.8 Å². The highest BCUT2D eigenvalue weighted by atomic mass is 32.2. The Hall–Kier alpha value is -0.335. The fourth-order valence-corrected chi connectivity index (χ4v) is 4.29. The van der Waals surface area contributed by atoms with Crippen molar-refractivity contribution < 1.29 is 17.3 Å². The zero-order valence-corrected chi connectivity index (χ0v) is 11.5. The minimum atomic E-state index is -6.00. The highest BCUT2D eigenvalue weighted by Crippen LogP contribution is 2.37. The third kappa shape index (κ3) is 5.69. The van der Waals surface area contributed by atoms with Crippen LogP contribution in [0.15, 0.2) is 21.7 Å². The van der Waals surface area contributed by atoms with Gasteiger partial charge in [-0.3, -0.25) is 0 Å². The van der Waals surface area contributed by atoms with Crippen LogP contribution < -0.4 is 0 Å². The number of thioether (sulfide) groups is 1. The van der Waals surface area contributed by atoms with Gasteiger partial charge in [0.05, 0.1) is 0 Å². The largest absolute Gasteiger partial charge is 0.673 e. The maximum Gasteiger partial charge on any atom is 0.673 e. The molecule has 0 radical (unpaired) electrons. The van der Waals surface area contributed by atoms with E-state index in [0.717, 1.165) is 0 Å². The first kappa shape index (κ1) is 14.7. The summed E-state index contributed by atoms with van der Waals surface area (Å²) in [5.41, 5.74) is 1.35. The second kappa shape index (κ2) is 6.02. The molecule has 0 amide bonds. The van der Waals surface area contributed by atoms with Crippen molar-refractivity contribution >= 4 is 51.1 Å². The topological polar surface area (TPSA) is 0 Å². The Bertz CT molecular complexity index is 488. The van der Waals surface area contributed by atoms with Gasteiger partial charge in [-0.25, -0.2) is 0 Å². The van der Waals surface area contributed by atoms with Crippen molar-refractivity contribution in [2.24, 2.45) is 0 Å². The predicted molar refractivity (Wildman–Crippen MR) is 70.8 cm³/mol. The minimum Gasteiger partial charge on any atom is -0.418 e. The Morgan fingerprint density at radius 1 is 1.24 bits per heavy atom. The molecule has 0 saturated carbocycles. The number of rotatable bonds is 1. The molecule has 1 aromatic heterocycles. The first-order chi connectivity index (χ1) is 7.79. The summed E-state index contributed by atoms with van der Waals surface area (Å²) in [7, 11) is -6.00. The Morgan fingerprint density at radius 3 is 2.35 bits per heavy atom. The van der Waals surface area contributed by atoms with Crippen LogP contribution in [0.1, 0.15) is 5.56 Å². The zero-order chi connectivity index (χ0) is 13.1. The fourth-order valence-electron chi connectivity index (χ4n) is 1.06. The van der Waals surface area contributed by atoms with E-state index < -0.39 is 7.25 Å². The lowest BCUT2D eigenvalue weighted by Crippen LogP contribution is -2.02. The number of halogens is 4. The van der Waals surface area contributed by atoms with Crippen molar-refractivity contribution in [2.75, 3.05) is 6.26 Å². The van der Waals surface area contributed by atoms with E-state index in [1.54, 1.807) is 0 Å². The monoisotopic (exact) mass is 300 g/mol. The number of fused-ring (bicyclic) bond motifs is 1. The van der Waals surface area contributed by atoms with E-state index >= 15 is 0 Å². The molecule has 0 saturated heterocycles. The molecule has 2 rings (SSSR count). The molecule has 2 aromatic rings. The molecule has 0 fully saturated rings. The molecule has 94 valence electrons. The third-order valence-corrected chi connectivity index (χ3v) is 5.58. The summed E-state index contributed by atoms with van der Waals surface area (Å²) >= 11 is 5.62. The average molecular weight is 300 g/mol. The summed E-state index contributed by atoms with van der Waals surface area (Å²) in [5, 5.41) is 0. The summed E-state index contributed by atoms with van der Waals surface area (Å²) in [5.74, 6) is 0. The van der Waals surface area contributed by atoms with E-state index in [2.05, 4.69) is 31.4 Å². The normalized spacial score (nSPS) is 11.2. The second-order valence-corrected chi connectivity index (χ2v) is 6.80. The lowest BCUT2D eigenvalue weighted by atomic mass is 10.2. The van der Waals surface area contributed by atoms with E-state index in [-0.39, 0.29) is 0 Å². The quantitative estimate of drug-likeness (QED) is 0.287. The third-order valence-electron chi connectivity index (χ3n) is 1.65. The van der Waals surface area contributed by atoms with Crippen LogP contribution in [-0.4, -0.2) is 13.5 Å². The predicted octanol–water partition coefficient (Wildman–Crippen LogP) is 5.57. The average Bonchev–Trinajstić information content (AvgIpc) is 2.57. The van der Waals surface area contributed by atoms with Gasteiger partial charge in [-0.2, -0.15) is 0 Å². The van der Waals surface area contributed by atoms with Gasteiger partial charge < -0.3 is 17.3 Å². The van der Waals surface area contributed by atoms with E-state index in [9.17, 15) is 17.3 Å². The van der Waals surface area contributed by atoms with Crippen molar-refractivity contribution in [3.05, 3.63) is 23.8 Å². The maximum absolute atomic E-state index is 9.75. The summed E-state index contributed by atoms with van der Waals surface area (Å²) in [6, 6.07) is 6.65. The van der Waals surface area contributed by atoms with Gasteiger partial charge in [0.15, 0.2) is 9.40 Å². The summed E-state index contributed by atoms with van der Waals surface area (Å²) in [4.78, 5) is 0. The van der Waals surface area contributed by atoms with Crippen LogP contribution in [0.4, 0.5) is 17.3 Å². The number of hydrogen-bond donors (Lipinski definition) is 0. The smallest absolute Gasteiger partial charge is 0.418 e. The molecule has 0 atom stereocenters. The molecule has 8 heteroatoms. The van der Waals surface area contributed by atoms with Crippen molar-refractivity contribution in [1.82, 2.24) is 0 Å². The fraction of sp³-hybridized carbons (Fsp3) is 0.222. The second-order valence-electron chi connectivity index (χ2n) is 3.10. The first-order valence-corrected chi connectivity index (χ1v) is 7.40. The van der Waals surface area contributed by atoms with Gasteiger partial charge in [0.25, 0.3) is 0 Å². The molecule has 1 heterocycles. The van der Waals surface area contributed by atoms with Crippen molar-refractivity contribution in [2.45, 2.75) is 10.4 Å². The maximum atomic E-state index is 9.75. The molecule has 0 bridgehead atoms. The lowest BCUT2D eigenvalue weighted by Gasteiger charge is -1.94. The van der Waals surface area contributed by atoms with Crippen LogP contribution in [0, 0.1) is 6.92 Å². The van der Waals surface area contributed by atoms with Gasteiger partial charge in [-0.05, 0) is 30.9 Å². The Balaban J connectivity index is 0.000000249. The van der Waals surface area contributed by atoms with Gasteiger partial charge in [0, 0.05) is 0 Å². The number of aryl methyl sites for hydroxylation is 1. The molecular formula is C9H9BF4S3. The molecular weight excluding hydrogens is 291 g/mol. The van der Waals surface area contributed by atoms with Crippen LogP contribution in [-0.2, 0) is 0 Å². The molecule has 0 nitrogen and oxygen atoms in total. The van der Waals surface area contributed by atoms with E-state index in [4.69, 9.17) is 0 Å². The first-order valence-electron chi connectivity index (χ1n) is 4.54. The number of hydrogen-bond acceptors (Lipinski definition) is 2. The van der Waals surface area contributed by atoms with E-state index in [0.29, 0.717) is 0 Å². The highest BCUT2D eigenvalue weighted by Gasteiger charge is 2.20. The SMILES string of the molecule is CSc1sc2cc(C)ccc2[s+]1.F[B-](F)(F)F. The standard InChI is InChI=1S/C9H9S3.BF4/c1-6-3-4-7-8(5-6)12-9(10-2)11-7;2-1(3,4)5/h3-5H,1-2H3;/q+1;-1. The van der Waals surface area contributed by atoms with Crippen molar-refractivity contribution in [3.8, 4) is 0 Å². The van der Waals surface area contributed by atoms with Crippen LogP contribution in [0.2, 0.25) is 0 Å². The van der Waals surface area contributed by atoms with E-state index in [1.165, 1.54) is 18.5 Å². The number of benzene rings is 1. The zero-order valence-electron chi connectivity index (χ0n) is 9.05. The summed E-state index contributed by atoms with van der Waals surface area (Å²) in [6.07, 6.45) is 2.13. The van der Waals surface area contributed by atoms with Crippen molar-refractivity contribution in [3.63, 3.8) is 0 Å². The molecule has 0 aliphatic carbocycles. The molecule has 0 aliphatic heterocycles. The molecule has 1 aromatic carbocycles. The van der Waals surface area contributed by atoms with Gasteiger partial charge in [-0.15, -0.1) is 0 Å². The van der Waals surface area contributed by atoms with Crippen LogP contribution in [0.5, 0.6) is 0 Å². The Kier molecular flexibility index (Phi) is 5.21. The van der Waals surface area contributed by atoms with Crippen LogP contribution in [0.25, 0.3) is 9.40 Å². The van der Waals surface area contributed by atoms with E-state index in [1.807, 2.05) is 34.4 Å². The van der Waals surface area contributed by atoms with Gasteiger partial charge in [0.1, 0.15) is 22.7 Å². The van der Waals surface area contributed by atoms with Gasteiger partial charge in [0.2, 0.25) is 0 Å².